The first-order valence-corrected chi connectivity index (χ1v) is 7.21. The van der Waals surface area contributed by atoms with Gasteiger partial charge in [-0.2, -0.15) is 0 Å². The maximum Gasteiger partial charge on any atom is 0.325 e. The lowest BCUT2D eigenvalue weighted by molar-refractivity contribution is -0.384. The van der Waals surface area contributed by atoms with Crippen molar-refractivity contribution in [2.75, 3.05) is 18.5 Å². The van der Waals surface area contributed by atoms with Gasteiger partial charge in [-0.3, -0.25) is 25.0 Å². The molecule has 0 aromatic heterocycles. The fourth-order valence-corrected chi connectivity index (χ4v) is 1.82. The summed E-state index contributed by atoms with van der Waals surface area (Å²) >= 11 is 5.89. The van der Waals surface area contributed by atoms with Gasteiger partial charge in [0.2, 0.25) is 5.91 Å². The Morgan fingerprint density at radius 3 is 2.57 bits per heavy atom. The summed E-state index contributed by atoms with van der Waals surface area (Å²) in [4.78, 5) is 33.6. The molecule has 9 heteroatoms. The number of amides is 1. The molecule has 126 valence electrons. The van der Waals surface area contributed by atoms with E-state index >= 15 is 0 Å². The second kappa shape index (κ2) is 7.89. The van der Waals surface area contributed by atoms with Crippen molar-refractivity contribution in [2.24, 2.45) is 0 Å². The Hall–Kier alpha value is -2.19. The van der Waals surface area contributed by atoms with Gasteiger partial charge in [0.25, 0.3) is 5.69 Å². The van der Waals surface area contributed by atoms with Crippen LogP contribution in [0.4, 0.5) is 11.4 Å². The zero-order valence-electron chi connectivity index (χ0n) is 13.0. The monoisotopic (exact) mass is 343 g/mol. The van der Waals surface area contributed by atoms with E-state index in [2.05, 4.69) is 10.6 Å². The molecule has 1 aromatic carbocycles. The lowest BCUT2D eigenvalue weighted by Crippen LogP contribution is -2.50. The molecule has 2 N–H and O–H groups in total. The van der Waals surface area contributed by atoms with Gasteiger partial charge in [0.15, 0.2) is 0 Å². The molecule has 0 aliphatic heterocycles. The van der Waals surface area contributed by atoms with Gasteiger partial charge in [-0.25, -0.2) is 0 Å². The molecular weight excluding hydrogens is 326 g/mol. The number of hydrogen-bond acceptors (Lipinski definition) is 6. The number of nitro groups is 1. The number of carbonyl (C=O) groups is 2. The number of anilines is 1. The van der Waals surface area contributed by atoms with Crippen LogP contribution in [0, 0.1) is 10.1 Å². The summed E-state index contributed by atoms with van der Waals surface area (Å²) in [5, 5.41) is 16.0. The van der Waals surface area contributed by atoms with E-state index in [0.717, 1.165) is 6.07 Å². The van der Waals surface area contributed by atoms with Crippen LogP contribution in [-0.4, -0.2) is 35.5 Å². The zero-order valence-corrected chi connectivity index (χ0v) is 13.8. The molecule has 0 aliphatic carbocycles. The molecule has 0 aliphatic rings. The van der Waals surface area contributed by atoms with Crippen molar-refractivity contribution in [3.63, 3.8) is 0 Å². The van der Waals surface area contributed by atoms with Crippen LogP contribution in [0.1, 0.15) is 20.8 Å². The summed E-state index contributed by atoms with van der Waals surface area (Å²) in [7, 11) is 0. The van der Waals surface area contributed by atoms with Crippen LogP contribution in [-0.2, 0) is 14.3 Å². The van der Waals surface area contributed by atoms with E-state index in [1.807, 2.05) is 0 Å². The topological polar surface area (TPSA) is 111 Å². The highest BCUT2D eigenvalue weighted by Gasteiger charge is 2.29. The minimum atomic E-state index is -1.02. The number of rotatable bonds is 7. The van der Waals surface area contributed by atoms with Crippen molar-refractivity contribution in [3.05, 3.63) is 33.3 Å². The van der Waals surface area contributed by atoms with Gasteiger partial charge in [-0.15, -0.1) is 0 Å². The fourth-order valence-electron chi connectivity index (χ4n) is 1.60. The predicted molar refractivity (Wildman–Crippen MR) is 85.5 cm³/mol. The van der Waals surface area contributed by atoms with Crippen molar-refractivity contribution < 1.29 is 19.2 Å². The van der Waals surface area contributed by atoms with E-state index in [1.54, 1.807) is 20.8 Å². The molecule has 0 radical (unpaired) electrons. The Bertz CT molecular complexity index is 618. The van der Waals surface area contributed by atoms with Crippen LogP contribution >= 0.6 is 11.6 Å². The SMILES string of the molecule is CCOC(=O)C(C)(C)NCC(=O)Nc1ccc([N+](=O)[O-])cc1Cl. The smallest absolute Gasteiger partial charge is 0.325 e. The van der Waals surface area contributed by atoms with Crippen LogP contribution in [0.5, 0.6) is 0 Å². The van der Waals surface area contributed by atoms with Crippen LogP contribution in [0.2, 0.25) is 5.02 Å². The second-order valence-corrected chi connectivity index (χ2v) is 5.58. The summed E-state index contributed by atoms with van der Waals surface area (Å²) in [5.41, 5.74) is -0.945. The molecule has 0 atom stereocenters. The summed E-state index contributed by atoms with van der Waals surface area (Å²) in [6, 6.07) is 3.72. The van der Waals surface area contributed by atoms with Crippen LogP contribution in [0.3, 0.4) is 0 Å². The number of nitro benzene ring substituents is 1. The van der Waals surface area contributed by atoms with Crippen molar-refractivity contribution in [1.29, 1.82) is 0 Å². The standard InChI is InChI=1S/C14H18ClN3O5/c1-4-23-13(20)14(2,3)16-8-12(19)17-11-6-5-9(18(21)22)7-10(11)15/h5-7,16H,4,8H2,1-3H3,(H,17,19). The third-order valence-corrected chi connectivity index (χ3v) is 3.23. The third kappa shape index (κ3) is 5.50. The van der Waals surface area contributed by atoms with Gasteiger partial charge in [-0.05, 0) is 26.8 Å². The minimum Gasteiger partial charge on any atom is -0.465 e. The number of benzene rings is 1. The van der Waals surface area contributed by atoms with E-state index in [1.165, 1.54) is 12.1 Å². The van der Waals surface area contributed by atoms with Crippen molar-refractivity contribution in [2.45, 2.75) is 26.3 Å². The molecule has 8 nitrogen and oxygen atoms in total. The fraction of sp³-hybridized carbons (Fsp3) is 0.429. The number of carbonyl (C=O) groups excluding carboxylic acids is 2. The Morgan fingerprint density at radius 1 is 1.39 bits per heavy atom. The van der Waals surface area contributed by atoms with E-state index in [9.17, 15) is 19.7 Å². The number of ether oxygens (including phenoxy) is 1. The number of nitrogens with one attached hydrogen (secondary N) is 2. The highest BCUT2D eigenvalue weighted by Crippen LogP contribution is 2.26. The van der Waals surface area contributed by atoms with Gasteiger partial charge in [0, 0.05) is 12.1 Å². The van der Waals surface area contributed by atoms with Gasteiger partial charge < -0.3 is 10.1 Å². The molecule has 0 heterocycles. The number of halogens is 1. The average molecular weight is 344 g/mol. The maximum absolute atomic E-state index is 11.9. The van der Waals surface area contributed by atoms with Crippen molar-refractivity contribution >= 4 is 34.9 Å². The van der Waals surface area contributed by atoms with Gasteiger partial charge in [0.05, 0.1) is 28.8 Å². The molecule has 0 saturated heterocycles. The molecule has 23 heavy (non-hydrogen) atoms. The highest BCUT2D eigenvalue weighted by molar-refractivity contribution is 6.34. The van der Waals surface area contributed by atoms with Gasteiger partial charge in [0.1, 0.15) is 5.54 Å². The summed E-state index contributed by atoms with van der Waals surface area (Å²) in [6.07, 6.45) is 0. The van der Waals surface area contributed by atoms with Crippen LogP contribution < -0.4 is 10.6 Å². The van der Waals surface area contributed by atoms with Crippen molar-refractivity contribution in [1.82, 2.24) is 5.32 Å². The van der Waals surface area contributed by atoms with Crippen molar-refractivity contribution in [3.8, 4) is 0 Å². The van der Waals surface area contributed by atoms with Gasteiger partial charge >= 0.3 is 5.97 Å². The largest absolute Gasteiger partial charge is 0.465 e. The first-order valence-electron chi connectivity index (χ1n) is 6.83. The maximum atomic E-state index is 11.9. The molecule has 1 aromatic rings. The second-order valence-electron chi connectivity index (χ2n) is 5.17. The molecule has 0 saturated carbocycles. The minimum absolute atomic E-state index is 0.0530. The molecule has 0 spiro atoms. The Morgan fingerprint density at radius 2 is 2.04 bits per heavy atom. The highest BCUT2D eigenvalue weighted by atomic mass is 35.5. The zero-order chi connectivity index (χ0) is 17.6. The lowest BCUT2D eigenvalue weighted by Gasteiger charge is -2.23. The van der Waals surface area contributed by atoms with Gasteiger partial charge in [-0.1, -0.05) is 11.6 Å². The number of nitrogens with zero attached hydrogens (tertiary/aromatic N) is 1. The predicted octanol–water partition coefficient (Wildman–Crippen LogP) is 2.12. The molecule has 0 bridgehead atoms. The number of hydrogen-bond donors (Lipinski definition) is 2. The first kappa shape index (κ1) is 18.9. The Labute approximate surface area is 138 Å². The quantitative estimate of drug-likeness (QED) is 0.445. The molecular formula is C14H18ClN3O5. The van der Waals surface area contributed by atoms with E-state index in [4.69, 9.17) is 16.3 Å². The molecule has 1 amide bonds. The van der Waals surface area contributed by atoms with Crippen LogP contribution in [0.25, 0.3) is 0 Å². The number of non-ortho nitro benzene ring substituents is 1. The summed E-state index contributed by atoms with van der Waals surface area (Å²) in [5.74, 6) is -0.917. The van der Waals surface area contributed by atoms with Crippen LogP contribution in [0.15, 0.2) is 18.2 Å². The average Bonchev–Trinajstić information content (AvgIpc) is 2.47. The Balaban J connectivity index is 2.64. The molecule has 1 rings (SSSR count). The summed E-state index contributed by atoms with van der Waals surface area (Å²) < 4.78 is 4.89. The van der Waals surface area contributed by atoms with E-state index in [0.29, 0.717) is 0 Å². The van der Waals surface area contributed by atoms with E-state index < -0.39 is 22.3 Å². The molecule has 0 unspecified atom stereocenters. The summed E-state index contributed by atoms with van der Waals surface area (Å²) in [6.45, 7) is 4.97. The molecule has 0 fully saturated rings. The first-order chi connectivity index (χ1) is 10.7. The van der Waals surface area contributed by atoms with E-state index in [-0.39, 0.29) is 29.5 Å². The third-order valence-electron chi connectivity index (χ3n) is 2.91. The lowest BCUT2D eigenvalue weighted by atomic mass is 10.1. The number of esters is 1. The Kier molecular flexibility index (Phi) is 6.47. The normalized spacial score (nSPS) is 11.0.